The average molecular weight is 321 g/mol. The van der Waals surface area contributed by atoms with Crippen molar-refractivity contribution in [2.45, 2.75) is 33.2 Å². The molecule has 0 aliphatic carbocycles. The number of amides is 1. The molecule has 2 heterocycles. The number of benzene rings is 1. The molecule has 1 aromatic heterocycles. The van der Waals surface area contributed by atoms with Gasteiger partial charge in [-0.15, -0.1) is 5.10 Å². The van der Waals surface area contributed by atoms with Gasteiger partial charge in [-0.2, -0.15) is 10.4 Å². The van der Waals surface area contributed by atoms with Gasteiger partial charge in [0.1, 0.15) is 11.6 Å². The summed E-state index contributed by atoms with van der Waals surface area (Å²) >= 11 is 0. The second-order valence-electron chi connectivity index (χ2n) is 5.96. The number of carbonyl (C=O) groups is 1. The van der Waals surface area contributed by atoms with Crippen LogP contribution in [0.4, 0.5) is 11.5 Å². The normalized spacial score (nSPS) is 16.2. The molecule has 1 unspecified atom stereocenters. The Morgan fingerprint density at radius 2 is 2.08 bits per heavy atom. The highest BCUT2D eigenvalue weighted by Gasteiger charge is 2.27. The van der Waals surface area contributed by atoms with E-state index in [1.54, 1.807) is 11.8 Å². The van der Waals surface area contributed by atoms with Crippen molar-refractivity contribution in [2.24, 2.45) is 0 Å². The van der Waals surface area contributed by atoms with Gasteiger partial charge in [0.15, 0.2) is 5.82 Å². The number of carbonyl (C=O) groups excluding carboxylic acids is 1. The SMILES string of the molecule is CC(=O)N1CCC(Nc2nnc(C)c(C)c2C#N)c2ccccc21. The van der Waals surface area contributed by atoms with E-state index in [-0.39, 0.29) is 11.9 Å². The quantitative estimate of drug-likeness (QED) is 0.919. The summed E-state index contributed by atoms with van der Waals surface area (Å²) in [6.07, 6.45) is 0.746. The summed E-state index contributed by atoms with van der Waals surface area (Å²) in [5.74, 6) is 0.529. The van der Waals surface area contributed by atoms with Crippen LogP contribution in [0.2, 0.25) is 0 Å². The molecule has 2 aromatic rings. The molecule has 0 saturated carbocycles. The lowest BCUT2D eigenvalue weighted by atomic mass is 9.96. The van der Waals surface area contributed by atoms with Crippen molar-refractivity contribution < 1.29 is 4.79 Å². The Labute approximate surface area is 141 Å². The summed E-state index contributed by atoms with van der Waals surface area (Å²) in [6.45, 7) is 5.92. The first-order chi connectivity index (χ1) is 11.5. The van der Waals surface area contributed by atoms with E-state index in [4.69, 9.17) is 0 Å². The van der Waals surface area contributed by atoms with Crippen LogP contribution in [0.15, 0.2) is 24.3 Å². The standard InChI is InChI=1S/C18H19N5O/c1-11-12(2)21-22-18(15(11)10-19)20-16-8-9-23(13(3)24)17-7-5-4-6-14(16)17/h4-7,16H,8-9H2,1-3H3,(H,20,22). The smallest absolute Gasteiger partial charge is 0.223 e. The predicted octanol–water partition coefficient (Wildman–Crippen LogP) is 2.87. The van der Waals surface area contributed by atoms with Crippen molar-refractivity contribution in [2.75, 3.05) is 16.8 Å². The van der Waals surface area contributed by atoms with Crippen LogP contribution in [0.1, 0.15) is 41.8 Å². The molecular formula is C18H19N5O. The zero-order valence-corrected chi connectivity index (χ0v) is 14.0. The first-order valence-corrected chi connectivity index (χ1v) is 7.90. The molecular weight excluding hydrogens is 302 g/mol. The first-order valence-electron chi connectivity index (χ1n) is 7.90. The summed E-state index contributed by atoms with van der Waals surface area (Å²) in [4.78, 5) is 13.6. The third-order valence-electron chi connectivity index (χ3n) is 4.50. The second-order valence-corrected chi connectivity index (χ2v) is 5.96. The molecule has 3 rings (SSSR count). The molecule has 0 saturated heterocycles. The summed E-state index contributed by atoms with van der Waals surface area (Å²) in [7, 11) is 0. The lowest BCUT2D eigenvalue weighted by molar-refractivity contribution is -0.116. The number of para-hydroxylation sites is 1. The Balaban J connectivity index is 1.98. The number of nitrogens with one attached hydrogen (secondary N) is 1. The van der Waals surface area contributed by atoms with E-state index in [1.165, 1.54) is 0 Å². The van der Waals surface area contributed by atoms with E-state index in [9.17, 15) is 10.1 Å². The molecule has 6 nitrogen and oxygen atoms in total. The van der Waals surface area contributed by atoms with Crippen LogP contribution in [0.25, 0.3) is 0 Å². The van der Waals surface area contributed by atoms with Gasteiger partial charge in [-0.05, 0) is 37.5 Å². The van der Waals surface area contributed by atoms with Crippen molar-refractivity contribution in [3.63, 3.8) is 0 Å². The third-order valence-corrected chi connectivity index (χ3v) is 4.50. The Morgan fingerprint density at radius 1 is 1.33 bits per heavy atom. The minimum atomic E-state index is -0.0136. The fourth-order valence-corrected chi connectivity index (χ4v) is 3.05. The van der Waals surface area contributed by atoms with Crippen molar-refractivity contribution >= 4 is 17.4 Å². The number of aromatic nitrogens is 2. The zero-order chi connectivity index (χ0) is 17.3. The monoisotopic (exact) mass is 321 g/mol. The minimum absolute atomic E-state index is 0.0136. The Hall–Kier alpha value is -2.94. The van der Waals surface area contributed by atoms with Gasteiger partial charge < -0.3 is 10.2 Å². The zero-order valence-electron chi connectivity index (χ0n) is 14.0. The number of anilines is 2. The van der Waals surface area contributed by atoms with Crippen LogP contribution in [0, 0.1) is 25.2 Å². The van der Waals surface area contributed by atoms with Crippen LogP contribution in [-0.2, 0) is 4.79 Å². The maximum atomic E-state index is 11.8. The van der Waals surface area contributed by atoms with Gasteiger partial charge in [0.2, 0.25) is 5.91 Å². The van der Waals surface area contributed by atoms with Crippen LogP contribution >= 0.6 is 0 Å². The maximum Gasteiger partial charge on any atom is 0.223 e. The molecule has 1 aliphatic heterocycles. The maximum absolute atomic E-state index is 11.8. The second kappa shape index (κ2) is 6.28. The van der Waals surface area contributed by atoms with Gasteiger partial charge in [0.05, 0.1) is 11.7 Å². The molecule has 1 aliphatic rings. The number of rotatable bonds is 2. The van der Waals surface area contributed by atoms with Crippen LogP contribution in [0.5, 0.6) is 0 Å². The van der Waals surface area contributed by atoms with Gasteiger partial charge in [-0.3, -0.25) is 4.79 Å². The summed E-state index contributed by atoms with van der Waals surface area (Å²) in [5, 5.41) is 21.1. The number of hydrogen-bond donors (Lipinski definition) is 1. The van der Waals surface area contributed by atoms with E-state index < -0.39 is 0 Å². The summed E-state index contributed by atoms with van der Waals surface area (Å²) < 4.78 is 0. The summed E-state index contributed by atoms with van der Waals surface area (Å²) in [5.41, 5.74) is 4.05. The number of fused-ring (bicyclic) bond motifs is 1. The molecule has 0 fully saturated rings. The van der Waals surface area contributed by atoms with Crippen molar-refractivity contribution in [1.29, 1.82) is 5.26 Å². The first kappa shape index (κ1) is 15.9. The molecule has 24 heavy (non-hydrogen) atoms. The number of aryl methyl sites for hydroxylation is 1. The van der Waals surface area contributed by atoms with E-state index in [1.807, 2.05) is 38.1 Å². The highest BCUT2D eigenvalue weighted by molar-refractivity contribution is 5.93. The van der Waals surface area contributed by atoms with Gasteiger partial charge in [0.25, 0.3) is 0 Å². The van der Waals surface area contributed by atoms with Crippen LogP contribution in [0.3, 0.4) is 0 Å². The fourth-order valence-electron chi connectivity index (χ4n) is 3.05. The van der Waals surface area contributed by atoms with E-state index in [0.717, 1.165) is 28.9 Å². The van der Waals surface area contributed by atoms with Crippen molar-refractivity contribution in [1.82, 2.24) is 10.2 Å². The number of nitriles is 1. The molecule has 1 atom stereocenters. The Morgan fingerprint density at radius 3 is 2.79 bits per heavy atom. The summed E-state index contributed by atoms with van der Waals surface area (Å²) in [6, 6.07) is 10.0. The van der Waals surface area contributed by atoms with Gasteiger partial charge in [-0.1, -0.05) is 18.2 Å². The lowest BCUT2D eigenvalue weighted by Gasteiger charge is -2.34. The Bertz CT molecular complexity index is 840. The van der Waals surface area contributed by atoms with Crippen molar-refractivity contribution in [3.05, 3.63) is 46.6 Å². The predicted molar refractivity (Wildman–Crippen MR) is 91.7 cm³/mol. The van der Waals surface area contributed by atoms with E-state index in [2.05, 4.69) is 21.6 Å². The molecule has 6 heteroatoms. The topological polar surface area (TPSA) is 81.9 Å². The highest BCUT2D eigenvalue weighted by atomic mass is 16.2. The Kier molecular flexibility index (Phi) is 4.17. The minimum Gasteiger partial charge on any atom is -0.361 e. The van der Waals surface area contributed by atoms with Crippen LogP contribution in [-0.4, -0.2) is 22.6 Å². The molecule has 0 spiro atoms. The number of hydrogen-bond acceptors (Lipinski definition) is 5. The highest BCUT2D eigenvalue weighted by Crippen LogP contribution is 2.36. The number of nitrogens with zero attached hydrogens (tertiary/aromatic N) is 4. The lowest BCUT2D eigenvalue weighted by Crippen LogP contribution is -2.36. The molecule has 1 aromatic carbocycles. The van der Waals surface area contributed by atoms with Gasteiger partial charge in [0, 0.05) is 19.2 Å². The van der Waals surface area contributed by atoms with Crippen molar-refractivity contribution in [3.8, 4) is 6.07 Å². The largest absolute Gasteiger partial charge is 0.361 e. The van der Waals surface area contributed by atoms with E-state index >= 15 is 0 Å². The molecule has 0 radical (unpaired) electrons. The molecule has 122 valence electrons. The van der Waals surface area contributed by atoms with Gasteiger partial charge >= 0.3 is 0 Å². The molecule has 1 amide bonds. The van der Waals surface area contributed by atoms with E-state index in [0.29, 0.717) is 17.9 Å². The fraction of sp³-hybridized carbons (Fsp3) is 0.333. The van der Waals surface area contributed by atoms with Gasteiger partial charge in [-0.25, -0.2) is 0 Å². The van der Waals surface area contributed by atoms with Crippen LogP contribution < -0.4 is 10.2 Å². The third kappa shape index (κ3) is 2.69. The molecule has 0 bridgehead atoms. The average Bonchev–Trinajstić information content (AvgIpc) is 2.58. The molecule has 1 N–H and O–H groups in total.